The van der Waals surface area contributed by atoms with Gasteiger partial charge in [0.05, 0.1) is 0 Å². The standard InChI is InChI=1S/C16H26N4O/c1-2-20-9-7-13(8-10-20)11-18-12-14-5-3-4-6-15(14)16(17)19-21/h3-6,13,18,21H,2,7-12H2,1H3,(H2,17,19). The van der Waals surface area contributed by atoms with Gasteiger partial charge in [0.1, 0.15) is 0 Å². The van der Waals surface area contributed by atoms with Crippen molar-refractivity contribution >= 4 is 5.84 Å². The molecular formula is C16H26N4O. The van der Waals surface area contributed by atoms with Crippen LogP contribution < -0.4 is 11.1 Å². The molecule has 1 saturated heterocycles. The lowest BCUT2D eigenvalue weighted by molar-refractivity contribution is 0.190. The third kappa shape index (κ3) is 4.44. The SMILES string of the molecule is CCN1CCC(CNCc2ccccc2C(N)=NO)CC1. The molecule has 0 spiro atoms. The molecule has 0 atom stereocenters. The fourth-order valence-electron chi connectivity index (χ4n) is 2.90. The zero-order valence-electron chi connectivity index (χ0n) is 12.8. The van der Waals surface area contributed by atoms with Crippen LogP contribution in [0.2, 0.25) is 0 Å². The predicted octanol–water partition coefficient (Wildman–Crippen LogP) is 1.60. The van der Waals surface area contributed by atoms with E-state index in [4.69, 9.17) is 10.9 Å². The van der Waals surface area contributed by atoms with Gasteiger partial charge in [-0.15, -0.1) is 0 Å². The van der Waals surface area contributed by atoms with Gasteiger partial charge in [0.15, 0.2) is 5.84 Å². The predicted molar refractivity (Wildman–Crippen MR) is 85.5 cm³/mol. The number of nitrogens with one attached hydrogen (secondary N) is 1. The smallest absolute Gasteiger partial charge is 0.170 e. The maximum absolute atomic E-state index is 8.83. The minimum atomic E-state index is 0.170. The molecule has 2 rings (SSSR count). The number of rotatable bonds is 6. The summed E-state index contributed by atoms with van der Waals surface area (Å²) < 4.78 is 0. The van der Waals surface area contributed by atoms with E-state index in [9.17, 15) is 0 Å². The highest BCUT2D eigenvalue weighted by Crippen LogP contribution is 2.16. The topological polar surface area (TPSA) is 73.9 Å². The van der Waals surface area contributed by atoms with Crippen molar-refractivity contribution in [3.8, 4) is 0 Å². The van der Waals surface area contributed by atoms with Gasteiger partial charge in [0.25, 0.3) is 0 Å². The fourth-order valence-corrected chi connectivity index (χ4v) is 2.90. The first-order valence-corrected chi connectivity index (χ1v) is 7.73. The maximum atomic E-state index is 8.83. The zero-order valence-corrected chi connectivity index (χ0v) is 12.8. The molecule has 0 aliphatic carbocycles. The van der Waals surface area contributed by atoms with Crippen molar-refractivity contribution in [1.29, 1.82) is 0 Å². The molecule has 5 heteroatoms. The maximum Gasteiger partial charge on any atom is 0.170 e. The van der Waals surface area contributed by atoms with Crippen LogP contribution in [0.3, 0.4) is 0 Å². The van der Waals surface area contributed by atoms with Gasteiger partial charge >= 0.3 is 0 Å². The van der Waals surface area contributed by atoms with Crippen molar-refractivity contribution in [1.82, 2.24) is 10.2 Å². The lowest BCUT2D eigenvalue weighted by Gasteiger charge is -2.31. The van der Waals surface area contributed by atoms with Crippen molar-refractivity contribution in [2.24, 2.45) is 16.8 Å². The van der Waals surface area contributed by atoms with Gasteiger partial charge in [-0.1, -0.05) is 36.3 Å². The summed E-state index contributed by atoms with van der Waals surface area (Å²) in [6.45, 7) is 7.59. The molecule has 0 amide bonds. The number of hydrogen-bond donors (Lipinski definition) is 3. The number of nitrogens with two attached hydrogens (primary N) is 1. The normalized spacial score (nSPS) is 18.0. The Labute approximate surface area is 126 Å². The summed E-state index contributed by atoms with van der Waals surface area (Å²) in [5.41, 5.74) is 7.57. The minimum Gasteiger partial charge on any atom is -0.409 e. The van der Waals surface area contributed by atoms with Gasteiger partial charge in [-0.2, -0.15) is 0 Å². The molecule has 116 valence electrons. The van der Waals surface area contributed by atoms with E-state index in [-0.39, 0.29) is 5.84 Å². The molecule has 4 N–H and O–H groups in total. The van der Waals surface area contributed by atoms with Crippen LogP contribution in [0.5, 0.6) is 0 Å². The summed E-state index contributed by atoms with van der Waals surface area (Å²) in [5.74, 6) is 0.924. The number of nitrogens with zero attached hydrogens (tertiary/aromatic N) is 2. The number of benzene rings is 1. The van der Waals surface area contributed by atoms with Crippen molar-refractivity contribution in [2.45, 2.75) is 26.3 Å². The summed E-state index contributed by atoms with van der Waals surface area (Å²) in [6.07, 6.45) is 2.53. The van der Waals surface area contributed by atoms with E-state index in [0.29, 0.717) is 0 Å². The lowest BCUT2D eigenvalue weighted by Crippen LogP contribution is -2.37. The van der Waals surface area contributed by atoms with Gasteiger partial charge in [-0.3, -0.25) is 0 Å². The second kappa shape index (κ2) is 8.00. The largest absolute Gasteiger partial charge is 0.409 e. The number of piperidine rings is 1. The van der Waals surface area contributed by atoms with E-state index in [1.54, 1.807) is 0 Å². The zero-order chi connectivity index (χ0) is 15.1. The molecule has 5 nitrogen and oxygen atoms in total. The van der Waals surface area contributed by atoms with Crippen LogP contribution in [0.25, 0.3) is 0 Å². The molecule has 1 aromatic rings. The van der Waals surface area contributed by atoms with Gasteiger partial charge in [-0.25, -0.2) is 0 Å². The van der Waals surface area contributed by atoms with Crippen molar-refractivity contribution in [3.63, 3.8) is 0 Å². The van der Waals surface area contributed by atoms with E-state index in [2.05, 4.69) is 22.3 Å². The molecule has 0 radical (unpaired) electrons. The summed E-state index contributed by atoms with van der Waals surface area (Å²) in [6, 6.07) is 7.77. The molecule has 0 bridgehead atoms. The molecule has 1 heterocycles. The van der Waals surface area contributed by atoms with Crippen LogP contribution in [0.15, 0.2) is 29.4 Å². The van der Waals surface area contributed by atoms with E-state index in [0.717, 1.165) is 36.7 Å². The minimum absolute atomic E-state index is 0.170. The third-order valence-corrected chi connectivity index (χ3v) is 4.30. The first-order valence-electron chi connectivity index (χ1n) is 7.73. The van der Waals surface area contributed by atoms with Crippen LogP contribution in [0.4, 0.5) is 0 Å². The van der Waals surface area contributed by atoms with Crippen molar-refractivity contribution in [2.75, 3.05) is 26.2 Å². The molecule has 21 heavy (non-hydrogen) atoms. The highest BCUT2D eigenvalue weighted by molar-refractivity contribution is 5.98. The van der Waals surface area contributed by atoms with E-state index >= 15 is 0 Å². The lowest BCUT2D eigenvalue weighted by atomic mass is 9.96. The van der Waals surface area contributed by atoms with Gasteiger partial charge in [0.2, 0.25) is 0 Å². The van der Waals surface area contributed by atoms with E-state index < -0.39 is 0 Å². The van der Waals surface area contributed by atoms with E-state index in [1.807, 2.05) is 24.3 Å². The quantitative estimate of drug-likeness (QED) is 0.322. The third-order valence-electron chi connectivity index (χ3n) is 4.30. The number of amidine groups is 1. The summed E-state index contributed by atoms with van der Waals surface area (Å²) in [5, 5.41) is 15.4. The number of likely N-dealkylation sites (tertiary alicyclic amines) is 1. The summed E-state index contributed by atoms with van der Waals surface area (Å²) >= 11 is 0. The van der Waals surface area contributed by atoms with Crippen LogP contribution >= 0.6 is 0 Å². The van der Waals surface area contributed by atoms with Crippen LogP contribution in [0, 0.1) is 5.92 Å². The Morgan fingerprint density at radius 3 is 2.76 bits per heavy atom. The number of oxime groups is 1. The Bertz CT molecular complexity index is 467. The molecule has 1 aliphatic heterocycles. The molecule has 0 unspecified atom stereocenters. The molecular weight excluding hydrogens is 264 g/mol. The first kappa shape index (κ1) is 15.8. The second-order valence-electron chi connectivity index (χ2n) is 5.65. The van der Waals surface area contributed by atoms with Gasteiger partial charge in [-0.05, 0) is 50.5 Å². The highest BCUT2D eigenvalue weighted by atomic mass is 16.4. The molecule has 0 saturated carbocycles. The first-order chi connectivity index (χ1) is 10.2. The fraction of sp³-hybridized carbons (Fsp3) is 0.562. The van der Waals surface area contributed by atoms with Crippen LogP contribution in [0.1, 0.15) is 30.9 Å². The van der Waals surface area contributed by atoms with Crippen LogP contribution in [-0.2, 0) is 6.54 Å². The van der Waals surface area contributed by atoms with Gasteiger partial charge < -0.3 is 21.2 Å². The van der Waals surface area contributed by atoms with E-state index in [1.165, 1.54) is 25.9 Å². The highest BCUT2D eigenvalue weighted by Gasteiger charge is 2.17. The van der Waals surface area contributed by atoms with Crippen molar-refractivity contribution < 1.29 is 5.21 Å². The van der Waals surface area contributed by atoms with Crippen LogP contribution in [-0.4, -0.2) is 42.1 Å². The molecule has 1 aliphatic rings. The molecule has 1 aromatic carbocycles. The Balaban J connectivity index is 1.82. The van der Waals surface area contributed by atoms with Crippen molar-refractivity contribution in [3.05, 3.63) is 35.4 Å². The average molecular weight is 290 g/mol. The Hall–Kier alpha value is -1.59. The second-order valence-corrected chi connectivity index (χ2v) is 5.65. The Morgan fingerprint density at radius 2 is 2.10 bits per heavy atom. The average Bonchev–Trinajstić information content (AvgIpc) is 2.55. The molecule has 1 fully saturated rings. The summed E-state index contributed by atoms with van der Waals surface area (Å²) in [7, 11) is 0. The Morgan fingerprint density at radius 1 is 1.38 bits per heavy atom. The summed E-state index contributed by atoms with van der Waals surface area (Å²) in [4.78, 5) is 2.50. The van der Waals surface area contributed by atoms with Gasteiger partial charge in [0, 0.05) is 12.1 Å². The number of hydrogen-bond acceptors (Lipinski definition) is 4. The molecule has 0 aromatic heterocycles. The monoisotopic (exact) mass is 290 g/mol. The Kier molecular flexibility index (Phi) is 6.02.